The first-order valence-electron chi connectivity index (χ1n) is 4.99. The number of aryl methyl sites for hydroxylation is 2. The predicted molar refractivity (Wildman–Crippen MR) is 61.7 cm³/mol. The Morgan fingerprint density at radius 3 is 2.69 bits per heavy atom. The largest absolute Gasteiger partial charge is 0.308 e. The van der Waals surface area contributed by atoms with E-state index in [1.807, 2.05) is 0 Å². The molecule has 1 aromatic carbocycles. The molecule has 0 N–H and O–H groups in total. The first-order valence-corrected chi connectivity index (χ1v) is 4.99. The third-order valence-electron chi connectivity index (χ3n) is 2.65. The van der Waals surface area contributed by atoms with Crippen LogP contribution in [0.25, 0.3) is 11.0 Å². The number of hydrogen-bond donors (Lipinski definition) is 0. The monoisotopic (exact) mass is 216 g/mol. The molecule has 0 aliphatic rings. The fraction of sp³-hybridized carbons (Fsp3) is 0.250. The van der Waals surface area contributed by atoms with Crippen molar-refractivity contribution in [3.63, 3.8) is 0 Å². The smallest absolute Gasteiger partial charge is 0.272 e. The number of nitrogens with zero attached hydrogens (tertiary/aromatic N) is 2. The molecule has 0 bridgehead atoms. The summed E-state index contributed by atoms with van der Waals surface area (Å²) >= 11 is 0. The molecular formula is C12H12N2O2. The zero-order valence-corrected chi connectivity index (χ0v) is 9.44. The first kappa shape index (κ1) is 10.5. The average molecular weight is 216 g/mol. The highest BCUT2D eigenvalue weighted by Crippen LogP contribution is 2.12. The Morgan fingerprint density at radius 2 is 2.06 bits per heavy atom. The van der Waals surface area contributed by atoms with Crippen molar-refractivity contribution in [1.29, 1.82) is 0 Å². The van der Waals surface area contributed by atoms with Crippen LogP contribution in [0.1, 0.15) is 23.0 Å². The highest BCUT2D eigenvalue weighted by molar-refractivity contribution is 5.97. The highest BCUT2D eigenvalue weighted by Gasteiger charge is 2.07. The quantitative estimate of drug-likeness (QED) is 0.678. The van der Waals surface area contributed by atoms with Crippen molar-refractivity contribution in [2.24, 2.45) is 7.05 Å². The lowest BCUT2D eigenvalue weighted by Gasteiger charge is -2.06. The molecular weight excluding hydrogens is 204 g/mol. The van der Waals surface area contributed by atoms with E-state index in [1.165, 1.54) is 6.92 Å². The average Bonchev–Trinajstić information content (AvgIpc) is 2.25. The summed E-state index contributed by atoms with van der Waals surface area (Å²) in [6, 6.07) is 5.17. The van der Waals surface area contributed by atoms with Gasteiger partial charge in [-0.2, -0.15) is 0 Å². The summed E-state index contributed by atoms with van der Waals surface area (Å²) in [6.07, 6.45) is 0. The molecule has 0 aliphatic heterocycles. The number of carbonyl (C=O) groups is 1. The van der Waals surface area contributed by atoms with Gasteiger partial charge in [-0.3, -0.25) is 9.59 Å². The third kappa shape index (κ3) is 1.52. The van der Waals surface area contributed by atoms with Crippen LogP contribution in [0.15, 0.2) is 23.0 Å². The van der Waals surface area contributed by atoms with Crippen LogP contribution in [0, 0.1) is 6.92 Å². The molecule has 82 valence electrons. The van der Waals surface area contributed by atoms with Crippen LogP contribution in [0.4, 0.5) is 0 Å². The Kier molecular flexibility index (Phi) is 2.34. The minimum Gasteiger partial charge on any atom is -0.308 e. The lowest BCUT2D eigenvalue weighted by atomic mass is 10.1. The van der Waals surface area contributed by atoms with Crippen molar-refractivity contribution in [2.75, 3.05) is 0 Å². The van der Waals surface area contributed by atoms with Gasteiger partial charge in [0.15, 0.2) is 5.78 Å². The second kappa shape index (κ2) is 3.56. The molecule has 0 amide bonds. The molecule has 4 heteroatoms. The van der Waals surface area contributed by atoms with Crippen molar-refractivity contribution < 1.29 is 4.79 Å². The number of Topliss-reactive ketones (excluding diaryl/α,β-unsaturated/α-hetero) is 1. The summed E-state index contributed by atoms with van der Waals surface area (Å²) in [4.78, 5) is 27.1. The minimum atomic E-state index is -0.108. The van der Waals surface area contributed by atoms with Crippen LogP contribution in [0.2, 0.25) is 0 Å². The number of benzene rings is 1. The molecule has 1 aromatic heterocycles. The molecule has 4 nitrogen and oxygen atoms in total. The maximum Gasteiger partial charge on any atom is 0.272 e. The van der Waals surface area contributed by atoms with E-state index in [-0.39, 0.29) is 11.3 Å². The summed E-state index contributed by atoms with van der Waals surface area (Å²) in [5.74, 6) is -0.00444. The number of carbonyl (C=O) groups excluding carboxylic acids is 1. The molecule has 0 radical (unpaired) electrons. The maximum atomic E-state index is 11.6. The molecule has 0 fully saturated rings. The van der Waals surface area contributed by atoms with E-state index in [4.69, 9.17) is 0 Å². The number of hydrogen-bond acceptors (Lipinski definition) is 3. The Balaban J connectivity index is 2.86. The molecule has 16 heavy (non-hydrogen) atoms. The minimum absolute atomic E-state index is 0.00444. The second-order valence-electron chi connectivity index (χ2n) is 3.82. The number of aromatic nitrogens is 2. The van der Waals surface area contributed by atoms with Crippen molar-refractivity contribution in [3.05, 3.63) is 39.8 Å². The number of fused-ring (bicyclic) bond motifs is 1. The van der Waals surface area contributed by atoms with Crippen LogP contribution in [-0.2, 0) is 7.05 Å². The molecule has 1 heterocycles. The summed E-state index contributed by atoms with van der Waals surface area (Å²) in [5.41, 5.74) is 2.35. The van der Waals surface area contributed by atoms with Crippen LogP contribution in [0.3, 0.4) is 0 Å². The SMILES string of the molecule is CC(=O)c1ccc2c(c1)nc(C)c(=O)n2C. The summed E-state index contributed by atoms with van der Waals surface area (Å²) in [6.45, 7) is 3.18. The molecule has 0 unspecified atom stereocenters. The zero-order valence-electron chi connectivity index (χ0n) is 9.44. The molecule has 2 aromatic rings. The Labute approximate surface area is 92.5 Å². The van der Waals surface area contributed by atoms with Gasteiger partial charge in [0.05, 0.1) is 11.0 Å². The first-order chi connectivity index (χ1) is 7.50. The van der Waals surface area contributed by atoms with Gasteiger partial charge in [-0.25, -0.2) is 4.98 Å². The normalized spacial score (nSPS) is 10.7. The maximum absolute atomic E-state index is 11.6. The van der Waals surface area contributed by atoms with Crippen LogP contribution in [-0.4, -0.2) is 15.3 Å². The highest BCUT2D eigenvalue weighted by atomic mass is 16.1. The van der Waals surface area contributed by atoms with Crippen molar-refractivity contribution in [1.82, 2.24) is 9.55 Å². The lowest BCUT2D eigenvalue weighted by molar-refractivity contribution is 0.101. The van der Waals surface area contributed by atoms with Crippen LogP contribution < -0.4 is 5.56 Å². The van der Waals surface area contributed by atoms with E-state index < -0.39 is 0 Å². The van der Waals surface area contributed by atoms with E-state index in [2.05, 4.69) is 4.98 Å². The fourth-order valence-corrected chi connectivity index (χ4v) is 1.70. The molecule has 0 spiro atoms. The van der Waals surface area contributed by atoms with E-state index in [9.17, 15) is 9.59 Å². The predicted octanol–water partition coefficient (Wildman–Crippen LogP) is 1.44. The molecule has 0 saturated carbocycles. The Bertz CT molecular complexity index is 641. The molecule has 2 rings (SSSR count). The van der Waals surface area contributed by atoms with Gasteiger partial charge in [0.1, 0.15) is 5.69 Å². The lowest BCUT2D eigenvalue weighted by Crippen LogP contribution is -2.21. The molecule has 0 atom stereocenters. The van der Waals surface area contributed by atoms with Gasteiger partial charge in [-0.05, 0) is 32.0 Å². The number of rotatable bonds is 1. The molecule has 0 aliphatic carbocycles. The molecule has 0 saturated heterocycles. The second-order valence-corrected chi connectivity index (χ2v) is 3.82. The fourth-order valence-electron chi connectivity index (χ4n) is 1.70. The summed E-state index contributed by atoms with van der Waals surface area (Å²) < 4.78 is 1.54. The van der Waals surface area contributed by atoms with Crippen molar-refractivity contribution in [3.8, 4) is 0 Å². The third-order valence-corrected chi connectivity index (χ3v) is 2.65. The zero-order chi connectivity index (χ0) is 11.9. The van der Waals surface area contributed by atoms with Crippen LogP contribution in [0.5, 0.6) is 0 Å². The van der Waals surface area contributed by atoms with E-state index >= 15 is 0 Å². The Hall–Kier alpha value is -1.97. The Morgan fingerprint density at radius 1 is 1.38 bits per heavy atom. The van der Waals surface area contributed by atoms with Gasteiger partial charge in [0.2, 0.25) is 0 Å². The number of ketones is 1. The van der Waals surface area contributed by atoms with E-state index in [0.29, 0.717) is 16.8 Å². The van der Waals surface area contributed by atoms with Gasteiger partial charge < -0.3 is 4.57 Å². The van der Waals surface area contributed by atoms with Gasteiger partial charge in [0.25, 0.3) is 5.56 Å². The van der Waals surface area contributed by atoms with E-state index in [1.54, 1.807) is 36.7 Å². The van der Waals surface area contributed by atoms with E-state index in [0.717, 1.165) is 5.52 Å². The van der Waals surface area contributed by atoms with Crippen LogP contribution >= 0.6 is 0 Å². The van der Waals surface area contributed by atoms with Gasteiger partial charge in [-0.1, -0.05) is 0 Å². The summed E-state index contributed by atoms with van der Waals surface area (Å²) in [7, 11) is 1.70. The summed E-state index contributed by atoms with van der Waals surface area (Å²) in [5, 5.41) is 0. The van der Waals surface area contributed by atoms with Crippen molar-refractivity contribution in [2.45, 2.75) is 13.8 Å². The standard InChI is InChI=1S/C12H12N2O2/c1-7-12(16)14(3)11-5-4-9(8(2)15)6-10(11)13-7/h4-6H,1-3H3. The topological polar surface area (TPSA) is 52.0 Å². The van der Waals surface area contributed by atoms with Gasteiger partial charge in [-0.15, -0.1) is 0 Å². The van der Waals surface area contributed by atoms with Gasteiger partial charge in [0, 0.05) is 12.6 Å². The van der Waals surface area contributed by atoms with Crippen molar-refractivity contribution >= 4 is 16.8 Å². The van der Waals surface area contributed by atoms with Gasteiger partial charge >= 0.3 is 0 Å².